The molecule has 4 rings (SSSR count). The van der Waals surface area contributed by atoms with Gasteiger partial charge in [0, 0.05) is 68.3 Å². The van der Waals surface area contributed by atoms with Gasteiger partial charge in [0.25, 0.3) is 0 Å². The Bertz CT molecular complexity index is 1030. The van der Waals surface area contributed by atoms with Crippen LogP contribution in [0.15, 0.2) is 46.7 Å². The zero-order valence-electron chi connectivity index (χ0n) is 16.0. The first kappa shape index (κ1) is 18.8. The first-order chi connectivity index (χ1) is 13.6. The Morgan fingerprint density at radius 3 is 2.68 bits per heavy atom. The third-order valence-electron chi connectivity index (χ3n) is 5.36. The molecule has 0 radical (unpaired) electrons. The van der Waals surface area contributed by atoms with Crippen molar-refractivity contribution in [2.45, 2.75) is 26.4 Å². The number of nitrogens with zero attached hydrogens (tertiary/aromatic N) is 4. The number of carbonyl (C=O) groups excluding carboxylic acids is 1. The standard InChI is InChI=1S/C21H24N4O2S/c1-16-15-28-21(27)25(16)9-7-19(26)24-12-10-23(11-13-24)14-18-5-2-4-17-6-3-8-22-20(17)18/h2-6,8,15H,7,9-14H2,1H3. The summed E-state index contributed by atoms with van der Waals surface area (Å²) in [6, 6.07) is 10.3. The lowest BCUT2D eigenvalue weighted by atomic mass is 10.1. The van der Waals surface area contributed by atoms with Gasteiger partial charge in [0.05, 0.1) is 5.52 Å². The number of benzene rings is 1. The smallest absolute Gasteiger partial charge is 0.307 e. The van der Waals surface area contributed by atoms with Gasteiger partial charge in [-0.1, -0.05) is 35.6 Å². The van der Waals surface area contributed by atoms with Gasteiger partial charge in [0.15, 0.2) is 0 Å². The molecule has 0 saturated carbocycles. The number of para-hydroxylation sites is 1. The maximum Gasteiger partial charge on any atom is 0.307 e. The highest BCUT2D eigenvalue weighted by atomic mass is 32.1. The molecule has 0 N–H and O–H groups in total. The molecule has 2 aromatic heterocycles. The highest BCUT2D eigenvalue weighted by Gasteiger charge is 2.21. The summed E-state index contributed by atoms with van der Waals surface area (Å²) >= 11 is 1.19. The number of piperazine rings is 1. The zero-order chi connectivity index (χ0) is 19.5. The molecule has 0 unspecified atom stereocenters. The van der Waals surface area contributed by atoms with Crippen molar-refractivity contribution in [3.8, 4) is 0 Å². The number of pyridine rings is 1. The van der Waals surface area contributed by atoms with E-state index in [0.29, 0.717) is 13.0 Å². The first-order valence-electron chi connectivity index (χ1n) is 9.59. The van der Waals surface area contributed by atoms with Crippen LogP contribution in [0.4, 0.5) is 0 Å². The minimum Gasteiger partial charge on any atom is -0.340 e. The number of aromatic nitrogens is 2. The monoisotopic (exact) mass is 396 g/mol. The fourth-order valence-electron chi connectivity index (χ4n) is 3.73. The second-order valence-electron chi connectivity index (χ2n) is 7.19. The molecule has 1 amide bonds. The van der Waals surface area contributed by atoms with Crippen LogP contribution in [0.25, 0.3) is 10.9 Å². The molecule has 0 aliphatic carbocycles. The van der Waals surface area contributed by atoms with Gasteiger partial charge in [-0.2, -0.15) is 0 Å². The van der Waals surface area contributed by atoms with Crippen LogP contribution in [0.2, 0.25) is 0 Å². The fraction of sp³-hybridized carbons (Fsp3) is 0.381. The van der Waals surface area contributed by atoms with Crippen molar-refractivity contribution in [3.63, 3.8) is 0 Å². The predicted molar refractivity (Wildman–Crippen MR) is 112 cm³/mol. The minimum absolute atomic E-state index is 0.0128. The van der Waals surface area contributed by atoms with Crippen LogP contribution < -0.4 is 4.87 Å². The van der Waals surface area contributed by atoms with Crippen molar-refractivity contribution in [2.24, 2.45) is 0 Å². The molecule has 28 heavy (non-hydrogen) atoms. The maximum absolute atomic E-state index is 12.5. The van der Waals surface area contributed by atoms with Crippen LogP contribution in [0.3, 0.4) is 0 Å². The molecule has 0 atom stereocenters. The van der Waals surface area contributed by atoms with Gasteiger partial charge >= 0.3 is 4.87 Å². The Morgan fingerprint density at radius 2 is 1.93 bits per heavy atom. The largest absolute Gasteiger partial charge is 0.340 e. The van der Waals surface area contributed by atoms with E-state index in [9.17, 15) is 9.59 Å². The van der Waals surface area contributed by atoms with E-state index in [-0.39, 0.29) is 10.8 Å². The Hall–Kier alpha value is -2.51. The van der Waals surface area contributed by atoms with Crippen LogP contribution >= 0.6 is 11.3 Å². The number of carbonyl (C=O) groups is 1. The summed E-state index contributed by atoms with van der Waals surface area (Å²) in [6.45, 7) is 6.39. The topological polar surface area (TPSA) is 58.4 Å². The summed E-state index contributed by atoms with van der Waals surface area (Å²) < 4.78 is 1.69. The molecule has 6 nitrogen and oxygen atoms in total. The van der Waals surface area contributed by atoms with Crippen LogP contribution in [-0.4, -0.2) is 51.4 Å². The molecule has 146 valence electrons. The van der Waals surface area contributed by atoms with Gasteiger partial charge in [0.2, 0.25) is 5.91 Å². The number of aryl methyl sites for hydroxylation is 1. The van der Waals surface area contributed by atoms with E-state index >= 15 is 0 Å². The van der Waals surface area contributed by atoms with Crippen molar-refractivity contribution in [1.29, 1.82) is 0 Å². The Labute approximate surface area is 168 Å². The molecule has 1 aliphatic heterocycles. The molecular weight excluding hydrogens is 372 g/mol. The van der Waals surface area contributed by atoms with E-state index in [0.717, 1.165) is 49.3 Å². The first-order valence-corrected chi connectivity index (χ1v) is 10.5. The molecule has 1 saturated heterocycles. The van der Waals surface area contributed by atoms with E-state index in [2.05, 4.69) is 34.1 Å². The van der Waals surface area contributed by atoms with Crippen molar-refractivity contribution < 1.29 is 4.79 Å². The average molecular weight is 397 g/mol. The summed E-state index contributed by atoms with van der Waals surface area (Å²) in [5.74, 6) is 0.129. The number of thiazole rings is 1. The predicted octanol–water partition coefficient (Wildman–Crippen LogP) is 2.50. The third-order valence-corrected chi connectivity index (χ3v) is 6.24. The summed E-state index contributed by atoms with van der Waals surface area (Å²) in [5.41, 5.74) is 3.21. The second-order valence-corrected chi connectivity index (χ2v) is 8.01. The van der Waals surface area contributed by atoms with Crippen LogP contribution in [0.1, 0.15) is 17.7 Å². The van der Waals surface area contributed by atoms with Gasteiger partial charge < -0.3 is 9.47 Å². The molecule has 3 heterocycles. The quantitative estimate of drug-likeness (QED) is 0.665. The van der Waals surface area contributed by atoms with E-state index in [4.69, 9.17) is 0 Å². The summed E-state index contributed by atoms with van der Waals surface area (Å²) in [6.07, 6.45) is 2.22. The molecule has 1 fully saturated rings. The summed E-state index contributed by atoms with van der Waals surface area (Å²) in [7, 11) is 0. The van der Waals surface area contributed by atoms with Gasteiger partial charge in [0.1, 0.15) is 0 Å². The average Bonchev–Trinajstić information content (AvgIpc) is 3.04. The van der Waals surface area contributed by atoms with Crippen molar-refractivity contribution in [3.05, 3.63) is 62.8 Å². The van der Waals surface area contributed by atoms with E-state index in [1.165, 1.54) is 16.9 Å². The number of amides is 1. The van der Waals surface area contributed by atoms with Gasteiger partial charge in [-0.25, -0.2) is 0 Å². The molecular formula is C21H24N4O2S. The zero-order valence-corrected chi connectivity index (χ0v) is 16.8. The fourth-order valence-corrected chi connectivity index (χ4v) is 4.49. The minimum atomic E-state index is 0.0128. The van der Waals surface area contributed by atoms with Crippen molar-refractivity contribution in [1.82, 2.24) is 19.4 Å². The van der Waals surface area contributed by atoms with Gasteiger partial charge in [-0.05, 0) is 18.6 Å². The lowest BCUT2D eigenvalue weighted by Gasteiger charge is -2.35. The van der Waals surface area contributed by atoms with Crippen molar-refractivity contribution >= 4 is 28.1 Å². The molecule has 1 aliphatic rings. The van der Waals surface area contributed by atoms with E-state index < -0.39 is 0 Å². The van der Waals surface area contributed by atoms with Gasteiger partial charge in [-0.3, -0.25) is 19.5 Å². The van der Waals surface area contributed by atoms with E-state index in [1.807, 2.05) is 29.5 Å². The highest BCUT2D eigenvalue weighted by Crippen LogP contribution is 2.18. The van der Waals surface area contributed by atoms with Crippen LogP contribution in [-0.2, 0) is 17.9 Å². The summed E-state index contributed by atoms with van der Waals surface area (Å²) in [4.78, 5) is 33.2. The highest BCUT2D eigenvalue weighted by molar-refractivity contribution is 7.07. The number of hydrogen-bond acceptors (Lipinski definition) is 5. The maximum atomic E-state index is 12.5. The lowest BCUT2D eigenvalue weighted by Crippen LogP contribution is -2.48. The Kier molecular flexibility index (Phi) is 5.54. The Balaban J connectivity index is 1.32. The van der Waals surface area contributed by atoms with Crippen LogP contribution in [0.5, 0.6) is 0 Å². The van der Waals surface area contributed by atoms with E-state index in [1.54, 1.807) is 4.57 Å². The third kappa shape index (κ3) is 4.00. The van der Waals surface area contributed by atoms with Gasteiger partial charge in [-0.15, -0.1) is 0 Å². The van der Waals surface area contributed by atoms with Crippen molar-refractivity contribution in [2.75, 3.05) is 26.2 Å². The summed E-state index contributed by atoms with van der Waals surface area (Å²) in [5, 5.41) is 3.00. The molecule has 1 aromatic carbocycles. The Morgan fingerprint density at radius 1 is 1.14 bits per heavy atom. The lowest BCUT2D eigenvalue weighted by molar-refractivity contribution is -0.133. The molecule has 0 spiro atoms. The molecule has 3 aromatic rings. The SMILES string of the molecule is Cc1csc(=O)n1CCC(=O)N1CCN(Cc2cccc3cccnc23)CC1. The molecule has 7 heteroatoms. The second kappa shape index (κ2) is 8.24. The molecule has 0 bridgehead atoms. The number of hydrogen-bond donors (Lipinski definition) is 0. The van der Waals surface area contributed by atoms with Crippen LogP contribution in [0, 0.1) is 6.92 Å². The number of fused-ring (bicyclic) bond motifs is 1. The normalized spacial score (nSPS) is 15.2. The number of rotatable bonds is 5.